The summed E-state index contributed by atoms with van der Waals surface area (Å²) in [4.78, 5) is 23.1. The monoisotopic (exact) mass is 391 g/mol. The second kappa shape index (κ2) is 8.68. The molecule has 0 heterocycles. The number of methoxy groups -OCH3 is 1. The van der Waals surface area contributed by atoms with Gasteiger partial charge in [-0.3, -0.25) is 4.79 Å². The third-order valence-electron chi connectivity index (χ3n) is 3.89. The zero-order valence-electron chi connectivity index (χ0n) is 15.1. The van der Waals surface area contributed by atoms with Crippen molar-refractivity contribution in [1.82, 2.24) is 0 Å². The topological polar surface area (TPSA) is 110 Å². The van der Waals surface area contributed by atoms with E-state index in [1.54, 1.807) is 7.11 Å². The minimum Gasteiger partial charge on any atom is -0.497 e. The van der Waals surface area contributed by atoms with E-state index in [0.29, 0.717) is 12.8 Å². The van der Waals surface area contributed by atoms with Crippen molar-refractivity contribution in [1.29, 1.82) is 0 Å². The first-order chi connectivity index (χ1) is 12.7. The Bertz CT molecular complexity index is 935. The molecular formula is C19H21NO6S. The Balaban J connectivity index is 2.00. The molecule has 0 spiro atoms. The van der Waals surface area contributed by atoms with Crippen LogP contribution in [0.2, 0.25) is 0 Å². The molecule has 0 saturated heterocycles. The fourth-order valence-corrected chi connectivity index (χ4v) is 3.16. The summed E-state index contributed by atoms with van der Waals surface area (Å²) in [7, 11) is -2.01. The highest BCUT2D eigenvalue weighted by molar-refractivity contribution is 7.90. The van der Waals surface area contributed by atoms with Crippen molar-refractivity contribution in [2.24, 2.45) is 0 Å². The Morgan fingerprint density at radius 2 is 1.78 bits per heavy atom. The Kier molecular flexibility index (Phi) is 6.57. The van der Waals surface area contributed by atoms with Gasteiger partial charge in [0.05, 0.1) is 17.6 Å². The van der Waals surface area contributed by atoms with E-state index in [4.69, 9.17) is 9.84 Å². The lowest BCUT2D eigenvalue weighted by Gasteiger charge is -2.09. The number of ether oxygens (including phenoxy) is 1. The lowest BCUT2D eigenvalue weighted by atomic mass is 10.1. The predicted molar refractivity (Wildman–Crippen MR) is 101 cm³/mol. The summed E-state index contributed by atoms with van der Waals surface area (Å²) in [5, 5.41) is 11.7. The number of rotatable bonds is 8. The van der Waals surface area contributed by atoms with Gasteiger partial charge < -0.3 is 15.2 Å². The van der Waals surface area contributed by atoms with Crippen molar-refractivity contribution >= 4 is 27.4 Å². The van der Waals surface area contributed by atoms with Gasteiger partial charge in [-0.25, -0.2) is 13.2 Å². The van der Waals surface area contributed by atoms with Crippen molar-refractivity contribution < 1.29 is 27.9 Å². The van der Waals surface area contributed by atoms with Gasteiger partial charge in [-0.05, 0) is 48.7 Å². The minimum absolute atomic E-state index is 0.143. The number of anilines is 1. The van der Waals surface area contributed by atoms with E-state index >= 15 is 0 Å². The molecule has 2 N–H and O–H groups in total. The molecule has 2 aromatic rings. The van der Waals surface area contributed by atoms with Crippen LogP contribution in [0.15, 0.2) is 47.4 Å². The Morgan fingerprint density at radius 3 is 2.33 bits per heavy atom. The van der Waals surface area contributed by atoms with E-state index in [-0.39, 0.29) is 28.5 Å². The lowest BCUT2D eigenvalue weighted by molar-refractivity contribution is -0.116. The maximum Gasteiger partial charge on any atom is 0.335 e. The number of hydrogen-bond donors (Lipinski definition) is 2. The molecule has 0 unspecified atom stereocenters. The van der Waals surface area contributed by atoms with E-state index in [1.807, 2.05) is 24.3 Å². The number of hydrogen-bond acceptors (Lipinski definition) is 5. The summed E-state index contributed by atoms with van der Waals surface area (Å²) >= 11 is 0. The number of carboxylic acids is 1. The highest BCUT2D eigenvalue weighted by Crippen LogP contribution is 2.20. The number of amides is 1. The van der Waals surface area contributed by atoms with Gasteiger partial charge >= 0.3 is 5.97 Å². The number of carbonyl (C=O) groups is 2. The molecule has 8 heteroatoms. The molecule has 0 radical (unpaired) electrons. The summed E-state index contributed by atoms with van der Waals surface area (Å²) in [6.07, 6.45) is 2.49. The highest BCUT2D eigenvalue weighted by atomic mass is 32.2. The summed E-state index contributed by atoms with van der Waals surface area (Å²) in [6, 6.07) is 11.1. The summed E-state index contributed by atoms with van der Waals surface area (Å²) in [5.74, 6) is -0.822. The molecule has 0 saturated carbocycles. The third-order valence-corrected chi connectivity index (χ3v) is 4.99. The van der Waals surface area contributed by atoms with Crippen LogP contribution in [-0.4, -0.2) is 38.8 Å². The summed E-state index contributed by atoms with van der Waals surface area (Å²) in [6.45, 7) is 0. The first kappa shape index (κ1) is 20.4. The third kappa shape index (κ3) is 6.10. The van der Waals surface area contributed by atoms with Crippen molar-refractivity contribution in [3.8, 4) is 5.75 Å². The highest BCUT2D eigenvalue weighted by Gasteiger charge is 2.15. The molecule has 0 atom stereocenters. The number of sulfone groups is 1. The number of benzene rings is 2. The molecule has 0 aliphatic carbocycles. The van der Waals surface area contributed by atoms with Crippen molar-refractivity contribution in [3.05, 3.63) is 53.6 Å². The number of aryl methyl sites for hydroxylation is 1. The van der Waals surface area contributed by atoms with E-state index in [9.17, 15) is 18.0 Å². The van der Waals surface area contributed by atoms with Gasteiger partial charge in [0.15, 0.2) is 9.84 Å². The Morgan fingerprint density at radius 1 is 1.11 bits per heavy atom. The SMILES string of the molecule is COc1ccc(CCCC(=O)Nc2cc(C(=O)O)cc(S(C)(=O)=O)c2)cc1. The number of aromatic carboxylic acids is 1. The molecule has 1 amide bonds. The molecule has 0 aromatic heterocycles. The van der Waals surface area contributed by atoms with E-state index < -0.39 is 15.8 Å². The first-order valence-electron chi connectivity index (χ1n) is 8.20. The molecular weight excluding hydrogens is 370 g/mol. The second-order valence-electron chi connectivity index (χ2n) is 6.07. The van der Waals surface area contributed by atoms with Gasteiger partial charge in [-0.15, -0.1) is 0 Å². The van der Waals surface area contributed by atoms with Crippen LogP contribution in [0.1, 0.15) is 28.8 Å². The van der Waals surface area contributed by atoms with Crippen LogP contribution in [0.5, 0.6) is 5.75 Å². The normalized spacial score (nSPS) is 11.0. The molecule has 2 rings (SSSR count). The molecule has 27 heavy (non-hydrogen) atoms. The largest absolute Gasteiger partial charge is 0.497 e. The van der Waals surface area contributed by atoms with Gasteiger partial charge in [-0.1, -0.05) is 12.1 Å². The predicted octanol–water partition coefficient (Wildman–Crippen LogP) is 2.76. The zero-order valence-corrected chi connectivity index (χ0v) is 15.9. The van der Waals surface area contributed by atoms with Crippen LogP contribution in [0.25, 0.3) is 0 Å². The standard InChI is InChI=1S/C19H21NO6S/c1-26-16-8-6-13(7-9-16)4-3-5-18(21)20-15-10-14(19(22)23)11-17(12-15)27(2,24)25/h6-12H,3-5H2,1-2H3,(H,20,21)(H,22,23). The Hall–Kier alpha value is -2.87. The van der Waals surface area contributed by atoms with Crippen molar-refractivity contribution in [2.45, 2.75) is 24.2 Å². The lowest BCUT2D eigenvalue weighted by Crippen LogP contribution is -2.13. The fraction of sp³-hybridized carbons (Fsp3) is 0.263. The van der Waals surface area contributed by atoms with Gasteiger partial charge in [0.25, 0.3) is 0 Å². The molecule has 2 aromatic carbocycles. The second-order valence-corrected chi connectivity index (χ2v) is 8.09. The maximum atomic E-state index is 12.1. The van der Waals surface area contributed by atoms with Crippen LogP contribution in [0.3, 0.4) is 0 Å². The van der Waals surface area contributed by atoms with E-state index in [2.05, 4.69) is 5.32 Å². The van der Waals surface area contributed by atoms with Crippen molar-refractivity contribution in [2.75, 3.05) is 18.7 Å². The average molecular weight is 391 g/mol. The Labute approximate surface area is 157 Å². The van der Waals surface area contributed by atoms with Crippen LogP contribution in [0.4, 0.5) is 5.69 Å². The molecule has 0 aliphatic rings. The maximum absolute atomic E-state index is 12.1. The van der Waals surface area contributed by atoms with Crippen LogP contribution in [-0.2, 0) is 21.1 Å². The van der Waals surface area contributed by atoms with Crippen LogP contribution >= 0.6 is 0 Å². The van der Waals surface area contributed by atoms with Gasteiger partial charge in [0.1, 0.15) is 5.75 Å². The quantitative estimate of drug-likeness (QED) is 0.716. The fourth-order valence-electron chi connectivity index (χ4n) is 2.48. The number of nitrogens with one attached hydrogen (secondary N) is 1. The van der Waals surface area contributed by atoms with Crippen LogP contribution in [0, 0.1) is 0 Å². The molecule has 7 nitrogen and oxygen atoms in total. The van der Waals surface area contributed by atoms with Gasteiger partial charge in [0.2, 0.25) is 5.91 Å². The zero-order chi connectivity index (χ0) is 20.0. The van der Waals surface area contributed by atoms with Crippen LogP contribution < -0.4 is 10.1 Å². The van der Waals surface area contributed by atoms with Gasteiger partial charge in [-0.2, -0.15) is 0 Å². The smallest absolute Gasteiger partial charge is 0.335 e. The van der Waals surface area contributed by atoms with E-state index in [1.165, 1.54) is 12.1 Å². The molecule has 0 aliphatic heterocycles. The van der Waals surface area contributed by atoms with Gasteiger partial charge in [0, 0.05) is 18.4 Å². The summed E-state index contributed by atoms with van der Waals surface area (Å²) < 4.78 is 28.5. The van der Waals surface area contributed by atoms with E-state index in [0.717, 1.165) is 23.6 Å². The minimum atomic E-state index is -3.60. The first-order valence-corrected chi connectivity index (χ1v) is 10.1. The average Bonchev–Trinajstić information content (AvgIpc) is 2.61. The van der Waals surface area contributed by atoms with Crippen molar-refractivity contribution in [3.63, 3.8) is 0 Å². The number of carbonyl (C=O) groups excluding carboxylic acids is 1. The molecule has 0 fully saturated rings. The molecule has 0 bridgehead atoms. The summed E-state index contributed by atoms with van der Waals surface area (Å²) in [5.41, 5.74) is 1.01. The number of carboxylic acid groups (broad SMARTS) is 1. The molecule has 144 valence electrons.